The molecule has 1 aromatic rings. The van der Waals surface area contributed by atoms with Gasteiger partial charge < -0.3 is 10.4 Å². The van der Waals surface area contributed by atoms with Crippen molar-refractivity contribution in [2.75, 3.05) is 6.54 Å². The highest BCUT2D eigenvalue weighted by Crippen LogP contribution is 2.04. The molecule has 1 atom stereocenters. The van der Waals surface area contributed by atoms with Gasteiger partial charge in [-0.25, -0.2) is 0 Å². The SMILES string of the molecule is CC(CCC(=O)O)CNC(=O)c1ccn(C)n1. The highest BCUT2D eigenvalue weighted by Gasteiger charge is 2.11. The summed E-state index contributed by atoms with van der Waals surface area (Å²) in [5.74, 6) is -0.903. The molecule has 0 radical (unpaired) electrons. The number of carboxylic acid groups (broad SMARTS) is 1. The van der Waals surface area contributed by atoms with Gasteiger partial charge in [0.1, 0.15) is 5.69 Å². The molecule has 2 N–H and O–H groups in total. The average Bonchev–Trinajstić information content (AvgIpc) is 2.70. The van der Waals surface area contributed by atoms with Gasteiger partial charge in [0.15, 0.2) is 0 Å². The molecule has 6 nitrogen and oxygen atoms in total. The highest BCUT2D eigenvalue weighted by atomic mass is 16.4. The number of aryl methyl sites for hydroxylation is 1. The monoisotopic (exact) mass is 239 g/mol. The Balaban J connectivity index is 2.30. The van der Waals surface area contributed by atoms with Gasteiger partial charge in [0, 0.05) is 26.2 Å². The summed E-state index contributed by atoms with van der Waals surface area (Å²) < 4.78 is 1.56. The normalized spacial score (nSPS) is 12.1. The molecular weight excluding hydrogens is 222 g/mol. The van der Waals surface area contributed by atoms with Crippen molar-refractivity contribution in [1.29, 1.82) is 0 Å². The standard InChI is InChI=1S/C11H17N3O3/c1-8(3-4-10(15)16)7-12-11(17)9-5-6-14(2)13-9/h5-6,8H,3-4,7H2,1-2H3,(H,12,17)(H,15,16). The molecule has 0 saturated heterocycles. The van der Waals surface area contributed by atoms with Gasteiger partial charge >= 0.3 is 5.97 Å². The highest BCUT2D eigenvalue weighted by molar-refractivity contribution is 5.92. The minimum Gasteiger partial charge on any atom is -0.481 e. The minimum absolute atomic E-state index is 0.126. The number of aromatic nitrogens is 2. The van der Waals surface area contributed by atoms with Crippen LogP contribution in [0.25, 0.3) is 0 Å². The predicted octanol–water partition coefficient (Wildman–Crippen LogP) is 0.651. The Morgan fingerprint density at radius 3 is 2.82 bits per heavy atom. The van der Waals surface area contributed by atoms with Crippen molar-refractivity contribution in [2.24, 2.45) is 13.0 Å². The van der Waals surface area contributed by atoms with Crippen molar-refractivity contribution in [3.63, 3.8) is 0 Å². The first kappa shape index (κ1) is 13.2. The summed E-state index contributed by atoms with van der Waals surface area (Å²) in [6, 6.07) is 1.64. The van der Waals surface area contributed by atoms with Crippen LogP contribution in [0.1, 0.15) is 30.3 Å². The van der Waals surface area contributed by atoms with Gasteiger partial charge in [-0.05, 0) is 18.4 Å². The molecule has 1 rings (SSSR count). The Morgan fingerprint density at radius 1 is 1.59 bits per heavy atom. The van der Waals surface area contributed by atoms with Crippen LogP contribution in [0, 0.1) is 5.92 Å². The van der Waals surface area contributed by atoms with Gasteiger partial charge in [-0.2, -0.15) is 5.10 Å². The first-order chi connectivity index (χ1) is 7.99. The largest absolute Gasteiger partial charge is 0.481 e. The van der Waals surface area contributed by atoms with Gasteiger partial charge in [0.05, 0.1) is 0 Å². The van der Waals surface area contributed by atoms with E-state index in [1.807, 2.05) is 6.92 Å². The van der Waals surface area contributed by atoms with Gasteiger partial charge in [0.25, 0.3) is 5.91 Å². The lowest BCUT2D eigenvalue weighted by atomic mass is 10.1. The minimum atomic E-state index is -0.812. The van der Waals surface area contributed by atoms with Crippen LogP contribution in [-0.2, 0) is 11.8 Å². The van der Waals surface area contributed by atoms with Gasteiger partial charge in [-0.3, -0.25) is 14.3 Å². The second kappa shape index (κ2) is 6.03. The van der Waals surface area contributed by atoms with Gasteiger partial charge in [-0.15, -0.1) is 0 Å². The number of carbonyl (C=O) groups is 2. The van der Waals surface area contributed by atoms with E-state index in [2.05, 4.69) is 10.4 Å². The summed E-state index contributed by atoms with van der Waals surface area (Å²) in [5, 5.41) is 15.2. The molecule has 0 bridgehead atoms. The maximum atomic E-state index is 11.6. The number of nitrogens with zero attached hydrogens (tertiary/aromatic N) is 2. The zero-order chi connectivity index (χ0) is 12.8. The third-order valence-electron chi connectivity index (χ3n) is 2.41. The van der Waals surface area contributed by atoms with Gasteiger partial charge in [-0.1, -0.05) is 6.92 Å². The van der Waals surface area contributed by atoms with Crippen molar-refractivity contribution in [3.8, 4) is 0 Å². The lowest BCUT2D eigenvalue weighted by Crippen LogP contribution is -2.29. The number of carbonyl (C=O) groups excluding carboxylic acids is 1. The number of hydrogen-bond donors (Lipinski definition) is 2. The summed E-state index contributed by atoms with van der Waals surface area (Å²) in [7, 11) is 1.74. The fourth-order valence-corrected chi connectivity index (χ4v) is 1.37. The molecule has 0 aliphatic carbocycles. The van der Waals surface area contributed by atoms with E-state index in [1.54, 1.807) is 24.0 Å². The van der Waals surface area contributed by atoms with E-state index in [9.17, 15) is 9.59 Å². The number of hydrogen-bond acceptors (Lipinski definition) is 3. The van der Waals surface area contributed by atoms with Crippen LogP contribution in [-0.4, -0.2) is 33.3 Å². The average molecular weight is 239 g/mol. The van der Waals surface area contributed by atoms with Crippen LogP contribution in [0.4, 0.5) is 0 Å². The molecular formula is C11H17N3O3. The molecule has 1 heterocycles. The van der Waals surface area contributed by atoms with Crippen molar-refractivity contribution >= 4 is 11.9 Å². The van der Waals surface area contributed by atoms with Crippen LogP contribution < -0.4 is 5.32 Å². The zero-order valence-electron chi connectivity index (χ0n) is 10.0. The zero-order valence-corrected chi connectivity index (χ0v) is 10.0. The maximum Gasteiger partial charge on any atom is 0.303 e. The fraction of sp³-hybridized carbons (Fsp3) is 0.545. The molecule has 0 saturated carbocycles. The molecule has 0 aliphatic rings. The smallest absolute Gasteiger partial charge is 0.303 e. The second-order valence-electron chi connectivity index (χ2n) is 4.12. The Labute approximate surface area is 99.6 Å². The van der Waals surface area contributed by atoms with Crippen LogP contribution in [0.2, 0.25) is 0 Å². The molecule has 0 aliphatic heterocycles. The molecule has 6 heteroatoms. The topological polar surface area (TPSA) is 84.2 Å². The van der Waals surface area contributed by atoms with E-state index in [1.165, 1.54) is 0 Å². The third kappa shape index (κ3) is 4.67. The number of nitrogens with one attached hydrogen (secondary N) is 1. The van der Waals surface area contributed by atoms with Crippen LogP contribution in [0.15, 0.2) is 12.3 Å². The quantitative estimate of drug-likeness (QED) is 0.763. The predicted molar refractivity (Wildman–Crippen MR) is 61.6 cm³/mol. The van der Waals surface area contributed by atoms with Gasteiger partial charge in [0.2, 0.25) is 0 Å². The Kier molecular flexibility index (Phi) is 4.68. The van der Waals surface area contributed by atoms with Crippen LogP contribution in [0.3, 0.4) is 0 Å². The summed E-state index contributed by atoms with van der Waals surface area (Å²) in [5.41, 5.74) is 0.373. The summed E-state index contributed by atoms with van der Waals surface area (Å²) in [6.07, 6.45) is 2.38. The Hall–Kier alpha value is -1.85. The molecule has 1 unspecified atom stereocenters. The molecule has 0 fully saturated rings. The molecule has 1 amide bonds. The summed E-state index contributed by atoms with van der Waals surface area (Å²) >= 11 is 0. The van der Waals surface area contributed by atoms with E-state index >= 15 is 0 Å². The number of amides is 1. The first-order valence-electron chi connectivity index (χ1n) is 5.48. The second-order valence-corrected chi connectivity index (χ2v) is 4.12. The molecule has 1 aromatic heterocycles. The van der Waals surface area contributed by atoms with Crippen LogP contribution in [0.5, 0.6) is 0 Å². The van der Waals surface area contributed by atoms with Crippen molar-refractivity contribution in [3.05, 3.63) is 18.0 Å². The molecule has 94 valence electrons. The van der Waals surface area contributed by atoms with E-state index in [4.69, 9.17) is 5.11 Å². The first-order valence-corrected chi connectivity index (χ1v) is 5.48. The van der Waals surface area contributed by atoms with Crippen molar-refractivity contribution in [2.45, 2.75) is 19.8 Å². The number of carboxylic acids is 1. The van der Waals surface area contributed by atoms with E-state index in [-0.39, 0.29) is 18.2 Å². The van der Waals surface area contributed by atoms with E-state index in [0.717, 1.165) is 0 Å². The lowest BCUT2D eigenvalue weighted by Gasteiger charge is -2.10. The van der Waals surface area contributed by atoms with Crippen molar-refractivity contribution < 1.29 is 14.7 Å². The molecule has 0 aromatic carbocycles. The lowest BCUT2D eigenvalue weighted by molar-refractivity contribution is -0.137. The number of aliphatic carboxylic acids is 1. The Bertz CT molecular complexity index is 400. The Morgan fingerprint density at radius 2 is 2.29 bits per heavy atom. The van der Waals surface area contributed by atoms with E-state index in [0.29, 0.717) is 18.7 Å². The maximum absolute atomic E-state index is 11.6. The van der Waals surface area contributed by atoms with E-state index < -0.39 is 5.97 Å². The van der Waals surface area contributed by atoms with Crippen LogP contribution >= 0.6 is 0 Å². The molecule has 17 heavy (non-hydrogen) atoms. The molecule has 0 spiro atoms. The number of rotatable bonds is 6. The summed E-state index contributed by atoms with van der Waals surface area (Å²) in [6.45, 7) is 2.37. The fourth-order valence-electron chi connectivity index (χ4n) is 1.37. The van der Waals surface area contributed by atoms with Crippen molar-refractivity contribution in [1.82, 2.24) is 15.1 Å². The summed E-state index contributed by atoms with van der Waals surface area (Å²) in [4.78, 5) is 22.0. The third-order valence-corrected chi connectivity index (χ3v) is 2.41.